The molecule has 98 valence electrons. The Labute approximate surface area is 104 Å². The van der Waals surface area contributed by atoms with Gasteiger partial charge < -0.3 is 4.90 Å². The van der Waals surface area contributed by atoms with Crippen molar-refractivity contribution in [3.05, 3.63) is 0 Å². The Morgan fingerprint density at radius 3 is 2.12 bits per heavy atom. The topological polar surface area (TPSA) is 3.24 Å². The van der Waals surface area contributed by atoms with Gasteiger partial charge in [-0.3, -0.25) is 0 Å². The van der Waals surface area contributed by atoms with Crippen molar-refractivity contribution < 1.29 is 0 Å². The second kappa shape index (κ2) is 11.4. The molecule has 0 atom stereocenters. The van der Waals surface area contributed by atoms with Crippen LogP contribution >= 0.6 is 0 Å². The van der Waals surface area contributed by atoms with E-state index in [1.54, 1.807) is 0 Å². The summed E-state index contributed by atoms with van der Waals surface area (Å²) in [6.07, 6.45) is 12.9. The van der Waals surface area contributed by atoms with Crippen LogP contribution < -0.4 is 0 Å². The Bertz CT molecular complexity index is 127. The van der Waals surface area contributed by atoms with Gasteiger partial charge in [0.05, 0.1) is 0 Å². The quantitative estimate of drug-likeness (QED) is 0.586. The Kier molecular flexibility index (Phi) is 11.4. The fourth-order valence-corrected chi connectivity index (χ4v) is 2.49. The van der Waals surface area contributed by atoms with Crippen LogP contribution in [-0.2, 0) is 0 Å². The van der Waals surface area contributed by atoms with Crippen LogP contribution in [0.3, 0.4) is 0 Å². The van der Waals surface area contributed by atoms with Crippen molar-refractivity contribution in [3.8, 4) is 0 Å². The molecule has 0 saturated heterocycles. The summed E-state index contributed by atoms with van der Waals surface area (Å²) in [5.41, 5.74) is 0. The van der Waals surface area contributed by atoms with Gasteiger partial charge >= 0.3 is 0 Å². The van der Waals surface area contributed by atoms with E-state index in [0.717, 1.165) is 6.04 Å². The van der Waals surface area contributed by atoms with Crippen LogP contribution in [0.25, 0.3) is 0 Å². The van der Waals surface area contributed by atoms with Crippen molar-refractivity contribution >= 4 is 0 Å². The first-order chi connectivity index (χ1) is 7.84. The Morgan fingerprint density at radius 2 is 1.56 bits per heavy atom. The number of rotatable bonds is 6. The van der Waals surface area contributed by atoms with Crippen LogP contribution in [0, 0.1) is 0 Å². The fourth-order valence-electron chi connectivity index (χ4n) is 2.49. The number of hydrogen-bond donors (Lipinski definition) is 0. The molecule has 0 bridgehead atoms. The summed E-state index contributed by atoms with van der Waals surface area (Å²) < 4.78 is 0. The van der Waals surface area contributed by atoms with E-state index in [1.807, 2.05) is 13.8 Å². The third-order valence-corrected chi connectivity index (χ3v) is 3.56. The average Bonchev–Trinajstić information content (AvgIpc) is 2.38. The Morgan fingerprint density at radius 1 is 0.938 bits per heavy atom. The first-order valence-corrected chi connectivity index (χ1v) is 7.55. The van der Waals surface area contributed by atoms with E-state index in [0.29, 0.717) is 0 Å². The molecular weight excluding hydrogens is 194 g/mol. The van der Waals surface area contributed by atoms with Gasteiger partial charge in [0.25, 0.3) is 0 Å². The highest BCUT2D eigenvalue weighted by molar-refractivity contribution is 4.73. The zero-order valence-electron chi connectivity index (χ0n) is 12.1. The van der Waals surface area contributed by atoms with Crippen LogP contribution in [0.4, 0.5) is 0 Å². The summed E-state index contributed by atoms with van der Waals surface area (Å²) in [6.45, 7) is 7.61. The van der Waals surface area contributed by atoms with Gasteiger partial charge in [0, 0.05) is 6.04 Å². The second-order valence-electron chi connectivity index (χ2n) is 4.83. The first kappa shape index (κ1) is 16.0. The lowest BCUT2D eigenvalue weighted by molar-refractivity contribution is 0.188. The molecule has 1 aliphatic carbocycles. The van der Waals surface area contributed by atoms with E-state index in [9.17, 15) is 0 Å². The van der Waals surface area contributed by atoms with Gasteiger partial charge in [0.2, 0.25) is 0 Å². The van der Waals surface area contributed by atoms with E-state index in [4.69, 9.17) is 0 Å². The highest BCUT2D eigenvalue weighted by Crippen LogP contribution is 2.21. The SMILES string of the molecule is CC.CCCCCCN(C)C1CCCCC1. The molecule has 0 aromatic heterocycles. The zero-order chi connectivity index (χ0) is 12.2. The van der Waals surface area contributed by atoms with Crippen LogP contribution in [0.15, 0.2) is 0 Å². The lowest BCUT2D eigenvalue weighted by Gasteiger charge is -2.31. The molecule has 0 radical (unpaired) electrons. The lowest BCUT2D eigenvalue weighted by atomic mass is 9.94. The van der Waals surface area contributed by atoms with Gasteiger partial charge in [-0.05, 0) is 32.9 Å². The minimum Gasteiger partial charge on any atom is -0.303 e. The van der Waals surface area contributed by atoms with E-state index >= 15 is 0 Å². The Balaban J connectivity index is 0.00000106. The maximum absolute atomic E-state index is 2.61. The fraction of sp³-hybridized carbons (Fsp3) is 1.00. The van der Waals surface area contributed by atoms with Crippen molar-refractivity contribution in [1.82, 2.24) is 4.90 Å². The summed E-state index contributed by atoms with van der Waals surface area (Å²) >= 11 is 0. The van der Waals surface area contributed by atoms with Crippen LogP contribution in [0.1, 0.15) is 78.6 Å². The minimum atomic E-state index is 0.908. The largest absolute Gasteiger partial charge is 0.303 e. The number of nitrogens with zero attached hydrogens (tertiary/aromatic N) is 1. The third kappa shape index (κ3) is 7.27. The highest BCUT2D eigenvalue weighted by Gasteiger charge is 2.16. The Hall–Kier alpha value is -0.0400. The lowest BCUT2D eigenvalue weighted by Crippen LogP contribution is -2.34. The summed E-state index contributed by atoms with van der Waals surface area (Å²) in [7, 11) is 2.32. The maximum atomic E-state index is 2.61. The van der Waals surface area contributed by atoms with Gasteiger partial charge in [-0.2, -0.15) is 0 Å². The molecular formula is C15H33N. The molecule has 0 aromatic carbocycles. The number of unbranched alkanes of at least 4 members (excludes halogenated alkanes) is 3. The van der Waals surface area contributed by atoms with E-state index < -0.39 is 0 Å². The first-order valence-electron chi connectivity index (χ1n) is 7.55. The predicted molar refractivity (Wildman–Crippen MR) is 75.0 cm³/mol. The maximum Gasteiger partial charge on any atom is 0.00922 e. The molecule has 0 unspecified atom stereocenters. The monoisotopic (exact) mass is 227 g/mol. The van der Waals surface area contributed by atoms with Gasteiger partial charge in [-0.15, -0.1) is 0 Å². The van der Waals surface area contributed by atoms with Crippen molar-refractivity contribution in [2.45, 2.75) is 84.6 Å². The minimum absolute atomic E-state index is 0.908. The summed E-state index contributed by atoms with van der Waals surface area (Å²) in [4.78, 5) is 2.61. The normalized spacial score (nSPS) is 17.1. The molecule has 0 aliphatic heterocycles. The molecule has 1 rings (SSSR count). The molecule has 0 amide bonds. The summed E-state index contributed by atoms with van der Waals surface area (Å²) in [5.74, 6) is 0. The molecule has 1 heteroatoms. The van der Waals surface area contributed by atoms with Gasteiger partial charge in [-0.25, -0.2) is 0 Å². The van der Waals surface area contributed by atoms with Crippen LogP contribution in [0.2, 0.25) is 0 Å². The highest BCUT2D eigenvalue weighted by atomic mass is 15.1. The molecule has 1 saturated carbocycles. The standard InChI is InChI=1S/C13H27N.C2H6/c1-3-4-5-9-12-14(2)13-10-7-6-8-11-13;1-2/h13H,3-12H2,1-2H3;1-2H3. The van der Waals surface area contributed by atoms with Gasteiger partial charge in [-0.1, -0.05) is 59.3 Å². The van der Waals surface area contributed by atoms with E-state index in [-0.39, 0.29) is 0 Å². The van der Waals surface area contributed by atoms with Crippen LogP contribution in [0.5, 0.6) is 0 Å². The van der Waals surface area contributed by atoms with Crippen molar-refractivity contribution in [2.75, 3.05) is 13.6 Å². The molecule has 1 fully saturated rings. The second-order valence-corrected chi connectivity index (χ2v) is 4.83. The molecule has 0 aromatic rings. The predicted octanol–water partition coefficient (Wildman–Crippen LogP) is 4.86. The molecule has 0 N–H and O–H groups in total. The van der Waals surface area contributed by atoms with Gasteiger partial charge in [0.15, 0.2) is 0 Å². The van der Waals surface area contributed by atoms with Crippen LogP contribution in [-0.4, -0.2) is 24.5 Å². The zero-order valence-corrected chi connectivity index (χ0v) is 12.1. The van der Waals surface area contributed by atoms with Gasteiger partial charge in [0.1, 0.15) is 0 Å². The summed E-state index contributed by atoms with van der Waals surface area (Å²) in [5, 5.41) is 0. The smallest absolute Gasteiger partial charge is 0.00922 e. The molecule has 16 heavy (non-hydrogen) atoms. The molecule has 1 aliphatic rings. The molecule has 1 nitrogen and oxygen atoms in total. The third-order valence-electron chi connectivity index (χ3n) is 3.56. The van der Waals surface area contributed by atoms with Crippen molar-refractivity contribution in [2.24, 2.45) is 0 Å². The molecule has 0 spiro atoms. The number of hydrogen-bond acceptors (Lipinski definition) is 1. The van der Waals surface area contributed by atoms with Crippen molar-refractivity contribution in [3.63, 3.8) is 0 Å². The molecule has 0 heterocycles. The van der Waals surface area contributed by atoms with Crippen molar-refractivity contribution in [1.29, 1.82) is 0 Å². The average molecular weight is 227 g/mol. The summed E-state index contributed by atoms with van der Waals surface area (Å²) in [6, 6.07) is 0.908. The van der Waals surface area contributed by atoms with E-state index in [2.05, 4.69) is 18.9 Å². The van der Waals surface area contributed by atoms with E-state index in [1.165, 1.54) is 64.3 Å².